The maximum Gasteiger partial charge on any atom is 0.313 e. The van der Waals surface area contributed by atoms with E-state index in [0.717, 1.165) is 21.1 Å². The van der Waals surface area contributed by atoms with E-state index < -0.39 is 11.8 Å². The number of carbonyl (C=O) groups is 2. The predicted molar refractivity (Wildman–Crippen MR) is 114 cm³/mol. The molecule has 0 aliphatic carbocycles. The monoisotopic (exact) mass is 404 g/mol. The van der Waals surface area contributed by atoms with Crippen molar-refractivity contribution in [2.45, 2.75) is 20.3 Å². The summed E-state index contributed by atoms with van der Waals surface area (Å²) in [5.41, 5.74) is 3.79. The third-order valence-corrected chi connectivity index (χ3v) is 5.56. The van der Waals surface area contributed by atoms with Crippen LogP contribution < -0.4 is 10.6 Å². The second-order valence-corrected chi connectivity index (χ2v) is 7.60. The van der Waals surface area contributed by atoms with Crippen LogP contribution in [-0.4, -0.2) is 23.3 Å². The van der Waals surface area contributed by atoms with Crippen molar-refractivity contribution in [2.75, 3.05) is 11.9 Å². The van der Waals surface area contributed by atoms with Gasteiger partial charge in [0.15, 0.2) is 0 Å². The largest absolute Gasteiger partial charge is 0.347 e. The van der Waals surface area contributed by atoms with Gasteiger partial charge in [0, 0.05) is 23.4 Å². The Hall–Kier alpha value is -3.50. The molecule has 0 atom stereocenters. The molecule has 0 fully saturated rings. The van der Waals surface area contributed by atoms with Gasteiger partial charge in [-0.1, -0.05) is 35.9 Å². The standard InChI is InChI=1S/C22H20N4O2S/c1-14-6-5-8-16(12-14)22-25-15(2)19(29-22)10-11-24-20(27)21(28)26-18-9-4-3-7-17(18)13-23/h3-9,12H,10-11H2,1-2H3,(H,24,27)(H,26,28). The number of aromatic nitrogens is 1. The van der Waals surface area contributed by atoms with Crippen LogP contribution in [0.2, 0.25) is 0 Å². The lowest BCUT2D eigenvalue weighted by atomic mass is 10.1. The first-order valence-corrected chi connectivity index (χ1v) is 9.91. The van der Waals surface area contributed by atoms with Gasteiger partial charge in [-0.3, -0.25) is 9.59 Å². The van der Waals surface area contributed by atoms with Gasteiger partial charge in [-0.2, -0.15) is 5.26 Å². The third kappa shape index (κ3) is 5.06. The molecule has 1 heterocycles. The van der Waals surface area contributed by atoms with Crippen LogP contribution in [0, 0.1) is 25.2 Å². The number of thiazole rings is 1. The molecule has 0 bridgehead atoms. The maximum absolute atomic E-state index is 12.1. The zero-order valence-electron chi connectivity index (χ0n) is 16.2. The van der Waals surface area contributed by atoms with E-state index in [4.69, 9.17) is 5.26 Å². The second kappa shape index (κ2) is 9.13. The Balaban J connectivity index is 1.56. The molecule has 0 unspecified atom stereocenters. The van der Waals surface area contributed by atoms with Gasteiger partial charge in [-0.15, -0.1) is 11.3 Å². The number of carbonyl (C=O) groups excluding carboxylic acids is 2. The van der Waals surface area contributed by atoms with E-state index in [1.165, 1.54) is 5.56 Å². The molecular formula is C22H20N4O2S. The van der Waals surface area contributed by atoms with Crippen molar-refractivity contribution >= 4 is 28.8 Å². The quantitative estimate of drug-likeness (QED) is 0.635. The summed E-state index contributed by atoms with van der Waals surface area (Å²) >= 11 is 1.59. The molecule has 1 aromatic heterocycles. The number of aryl methyl sites for hydroxylation is 2. The first kappa shape index (κ1) is 20.2. The van der Waals surface area contributed by atoms with Crippen LogP contribution in [0.1, 0.15) is 21.7 Å². The van der Waals surface area contributed by atoms with E-state index in [9.17, 15) is 9.59 Å². The van der Waals surface area contributed by atoms with Crippen LogP contribution in [0.4, 0.5) is 5.69 Å². The minimum Gasteiger partial charge on any atom is -0.347 e. The van der Waals surface area contributed by atoms with Crippen molar-refractivity contribution < 1.29 is 9.59 Å². The highest BCUT2D eigenvalue weighted by atomic mass is 32.1. The van der Waals surface area contributed by atoms with Crippen LogP contribution >= 0.6 is 11.3 Å². The number of nitrogens with zero attached hydrogens (tertiary/aromatic N) is 2. The van der Waals surface area contributed by atoms with Crippen LogP contribution in [0.5, 0.6) is 0 Å². The fraction of sp³-hybridized carbons (Fsp3) is 0.182. The molecule has 0 radical (unpaired) electrons. The second-order valence-electron chi connectivity index (χ2n) is 6.51. The van der Waals surface area contributed by atoms with E-state index in [-0.39, 0.29) is 0 Å². The normalized spacial score (nSPS) is 10.2. The SMILES string of the molecule is Cc1cccc(-c2nc(C)c(CCNC(=O)C(=O)Nc3ccccc3C#N)s2)c1. The van der Waals surface area contributed by atoms with Gasteiger partial charge in [0.25, 0.3) is 0 Å². The van der Waals surface area contributed by atoms with E-state index in [0.29, 0.717) is 24.2 Å². The molecule has 146 valence electrons. The highest BCUT2D eigenvalue weighted by Crippen LogP contribution is 2.28. The summed E-state index contributed by atoms with van der Waals surface area (Å²) in [5, 5.41) is 15.1. The molecule has 0 spiro atoms. The van der Waals surface area contributed by atoms with Gasteiger partial charge in [-0.25, -0.2) is 4.98 Å². The van der Waals surface area contributed by atoms with Crippen molar-refractivity contribution in [3.05, 3.63) is 70.2 Å². The Kier molecular flexibility index (Phi) is 6.37. The number of amides is 2. The molecule has 2 aromatic carbocycles. The number of nitrogens with one attached hydrogen (secondary N) is 2. The molecule has 29 heavy (non-hydrogen) atoms. The summed E-state index contributed by atoms with van der Waals surface area (Å²) in [6, 6.07) is 16.7. The fourth-order valence-corrected chi connectivity index (χ4v) is 3.86. The number of hydrogen-bond donors (Lipinski definition) is 2. The average molecular weight is 404 g/mol. The Morgan fingerprint density at radius 3 is 2.66 bits per heavy atom. The first-order valence-electron chi connectivity index (χ1n) is 9.09. The number of hydrogen-bond acceptors (Lipinski definition) is 5. The maximum atomic E-state index is 12.1. The van der Waals surface area contributed by atoms with E-state index >= 15 is 0 Å². The van der Waals surface area contributed by atoms with Crippen molar-refractivity contribution in [3.63, 3.8) is 0 Å². The Morgan fingerprint density at radius 2 is 1.90 bits per heavy atom. The van der Waals surface area contributed by atoms with Crippen LogP contribution in [0.25, 0.3) is 10.6 Å². The number of para-hydroxylation sites is 1. The topological polar surface area (TPSA) is 94.9 Å². The highest BCUT2D eigenvalue weighted by Gasteiger charge is 2.16. The van der Waals surface area contributed by atoms with Gasteiger partial charge in [0.05, 0.1) is 16.9 Å². The number of rotatable bonds is 5. The molecule has 3 aromatic rings. The fourth-order valence-electron chi connectivity index (χ4n) is 2.80. The average Bonchev–Trinajstić information content (AvgIpc) is 3.09. The lowest BCUT2D eigenvalue weighted by molar-refractivity contribution is -0.136. The number of nitriles is 1. The summed E-state index contributed by atoms with van der Waals surface area (Å²) in [4.78, 5) is 29.8. The molecule has 0 saturated heterocycles. The smallest absolute Gasteiger partial charge is 0.313 e. The van der Waals surface area contributed by atoms with Gasteiger partial charge in [0.2, 0.25) is 0 Å². The molecule has 0 saturated carbocycles. The Labute approximate surface area is 173 Å². The van der Waals surface area contributed by atoms with Crippen molar-refractivity contribution in [1.82, 2.24) is 10.3 Å². The summed E-state index contributed by atoms with van der Waals surface area (Å²) in [6.07, 6.45) is 0.586. The minimum atomic E-state index is -0.797. The van der Waals surface area contributed by atoms with Crippen LogP contribution in [0.3, 0.4) is 0 Å². The van der Waals surface area contributed by atoms with Crippen molar-refractivity contribution in [1.29, 1.82) is 5.26 Å². The molecule has 2 amide bonds. The summed E-state index contributed by atoms with van der Waals surface area (Å²) in [5.74, 6) is -1.53. The van der Waals surface area contributed by atoms with Crippen molar-refractivity contribution in [3.8, 4) is 16.6 Å². The molecule has 6 nitrogen and oxygen atoms in total. The first-order chi connectivity index (χ1) is 14.0. The summed E-state index contributed by atoms with van der Waals surface area (Å²) < 4.78 is 0. The molecule has 2 N–H and O–H groups in total. The minimum absolute atomic E-state index is 0.303. The van der Waals surface area contributed by atoms with E-state index in [1.54, 1.807) is 35.6 Å². The summed E-state index contributed by atoms with van der Waals surface area (Å²) in [6.45, 7) is 4.31. The lowest BCUT2D eigenvalue weighted by Crippen LogP contribution is -2.36. The molecule has 7 heteroatoms. The van der Waals surface area contributed by atoms with E-state index in [2.05, 4.69) is 21.7 Å². The zero-order valence-corrected chi connectivity index (χ0v) is 17.0. The van der Waals surface area contributed by atoms with Gasteiger partial charge in [-0.05, 0) is 32.0 Å². The summed E-state index contributed by atoms with van der Waals surface area (Å²) in [7, 11) is 0. The van der Waals surface area contributed by atoms with Crippen LogP contribution in [-0.2, 0) is 16.0 Å². The molecular weight excluding hydrogens is 384 g/mol. The zero-order chi connectivity index (χ0) is 20.8. The van der Waals surface area contributed by atoms with Gasteiger partial charge in [0.1, 0.15) is 11.1 Å². The molecule has 3 rings (SSSR count). The molecule has 0 aliphatic heterocycles. The lowest BCUT2D eigenvalue weighted by Gasteiger charge is -2.07. The predicted octanol–water partition coefficient (Wildman–Crippen LogP) is 3.60. The van der Waals surface area contributed by atoms with E-state index in [1.807, 2.05) is 38.1 Å². The molecule has 0 aliphatic rings. The van der Waals surface area contributed by atoms with Gasteiger partial charge >= 0.3 is 11.8 Å². The Morgan fingerprint density at radius 1 is 1.10 bits per heavy atom. The Bertz CT molecular complexity index is 1100. The number of anilines is 1. The highest BCUT2D eigenvalue weighted by molar-refractivity contribution is 7.15. The third-order valence-electron chi connectivity index (χ3n) is 4.30. The van der Waals surface area contributed by atoms with Crippen molar-refractivity contribution in [2.24, 2.45) is 0 Å². The van der Waals surface area contributed by atoms with Crippen LogP contribution in [0.15, 0.2) is 48.5 Å². The number of benzene rings is 2. The van der Waals surface area contributed by atoms with Gasteiger partial charge < -0.3 is 10.6 Å².